The Morgan fingerprint density at radius 2 is 1.77 bits per heavy atom. The molecule has 0 spiro atoms. The van der Waals surface area contributed by atoms with Crippen molar-refractivity contribution in [3.8, 4) is 19.0 Å². The van der Waals surface area contributed by atoms with Crippen LogP contribution in [-0.4, -0.2) is 53.8 Å². The Kier molecular flexibility index (Phi) is 11.1. The number of hydrogen-bond donors (Lipinski definition) is 2. The third-order valence-corrected chi connectivity index (χ3v) is 4.67. The number of amides is 2. The molecule has 0 atom stereocenters. The number of benzene rings is 1. The number of rotatable bonds is 3. The first-order chi connectivity index (χ1) is 14.4. The molecule has 1 aromatic carbocycles. The van der Waals surface area contributed by atoms with Crippen LogP contribution >= 0.6 is 23.2 Å². The van der Waals surface area contributed by atoms with Gasteiger partial charge in [-0.1, -0.05) is 23.2 Å². The molecule has 3 rings (SSSR count). The summed E-state index contributed by atoms with van der Waals surface area (Å²) in [6.07, 6.45) is 13.4. The lowest BCUT2D eigenvalue weighted by Crippen LogP contribution is -2.39. The van der Waals surface area contributed by atoms with Gasteiger partial charge in [0.2, 0.25) is 17.8 Å². The molecule has 160 valence electrons. The first-order valence-corrected chi connectivity index (χ1v) is 9.99. The zero-order chi connectivity index (χ0) is 22.5. The third-order valence-electron chi connectivity index (χ3n) is 4.24. The SMILES string of the molecule is C#C.N#CNC(N)=Nc1cc(Cl)cc(Cl)c1.O=C(CN1CCCC1=O)N1CCCC1. The van der Waals surface area contributed by atoms with Crippen molar-refractivity contribution in [2.24, 2.45) is 10.7 Å². The van der Waals surface area contributed by atoms with Gasteiger partial charge in [-0.15, -0.1) is 12.8 Å². The minimum absolute atomic E-state index is 0.00849. The van der Waals surface area contributed by atoms with Crippen molar-refractivity contribution in [1.82, 2.24) is 15.1 Å². The Labute approximate surface area is 186 Å². The number of terminal acetylenes is 1. The van der Waals surface area contributed by atoms with E-state index in [1.807, 2.05) is 4.90 Å². The van der Waals surface area contributed by atoms with Gasteiger partial charge in [0.05, 0.1) is 12.2 Å². The summed E-state index contributed by atoms with van der Waals surface area (Å²) in [6.45, 7) is 2.82. The van der Waals surface area contributed by atoms with Crippen LogP contribution in [0.5, 0.6) is 0 Å². The molecule has 2 aliphatic rings. The van der Waals surface area contributed by atoms with Crippen molar-refractivity contribution >= 4 is 46.7 Å². The van der Waals surface area contributed by atoms with Crippen molar-refractivity contribution in [2.45, 2.75) is 25.7 Å². The largest absolute Gasteiger partial charge is 0.369 e. The van der Waals surface area contributed by atoms with Crippen LogP contribution in [0.2, 0.25) is 10.0 Å². The van der Waals surface area contributed by atoms with Crippen LogP contribution in [0.4, 0.5) is 5.69 Å². The van der Waals surface area contributed by atoms with Gasteiger partial charge in [0.15, 0.2) is 6.19 Å². The first-order valence-electron chi connectivity index (χ1n) is 9.23. The van der Waals surface area contributed by atoms with Crippen LogP contribution in [-0.2, 0) is 9.59 Å². The summed E-state index contributed by atoms with van der Waals surface area (Å²) in [5.74, 6) is 0.251. The number of guanidine groups is 1. The summed E-state index contributed by atoms with van der Waals surface area (Å²) in [6, 6.07) is 4.74. The average Bonchev–Trinajstić information content (AvgIpc) is 3.36. The maximum atomic E-state index is 11.7. The van der Waals surface area contributed by atoms with E-state index in [9.17, 15) is 9.59 Å². The van der Waals surface area contributed by atoms with E-state index in [1.54, 1.807) is 29.3 Å². The highest BCUT2D eigenvalue weighted by molar-refractivity contribution is 6.35. The monoisotopic (exact) mass is 450 g/mol. The minimum atomic E-state index is -0.00849. The highest BCUT2D eigenvalue weighted by Crippen LogP contribution is 2.24. The van der Waals surface area contributed by atoms with E-state index in [1.165, 1.54) is 0 Å². The number of nitrogens with two attached hydrogens (primary N) is 1. The molecule has 0 aromatic heterocycles. The molecule has 1 aromatic rings. The Bertz CT molecular complexity index is 808. The maximum Gasteiger partial charge on any atom is 0.242 e. The molecule has 8 nitrogen and oxygen atoms in total. The summed E-state index contributed by atoms with van der Waals surface area (Å²) in [5.41, 5.74) is 5.84. The number of carbonyl (C=O) groups excluding carboxylic acids is 2. The van der Waals surface area contributed by atoms with Crippen LogP contribution in [0.1, 0.15) is 25.7 Å². The number of halogens is 2. The molecule has 30 heavy (non-hydrogen) atoms. The Balaban J connectivity index is 0.000000277. The zero-order valence-electron chi connectivity index (χ0n) is 16.5. The molecular formula is C20H24Cl2N6O2. The molecule has 0 bridgehead atoms. The predicted molar refractivity (Wildman–Crippen MR) is 118 cm³/mol. The molecule has 2 aliphatic heterocycles. The smallest absolute Gasteiger partial charge is 0.242 e. The minimum Gasteiger partial charge on any atom is -0.369 e. The van der Waals surface area contributed by atoms with E-state index in [4.69, 9.17) is 34.2 Å². The fraction of sp³-hybridized carbons (Fsp3) is 0.400. The van der Waals surface area contributed by atoms with Crippen LogP contribution in [0.3, 0.4) is 0 Å². The van der Waals surface area contributed by atoms with Gasteiger partial charge in [-0.05, 0) is 37.5 Å². The van der Waals surface area contributed by atoms with Crippen LogP contribution in [0, 0.1) is 24.3 Å². The van der Waals surface area contributed by atoms with E-state index >= 15 is 0 Å². The van der Waals surface area contributed by atoms with Crippen LogP contribution < -0.4 is 11.1 Å². The van der Waals surface area contributed by atoms with Gasteiger partial charge >= 0.3 is 0 Å². The fourth-order valence-corrected chi connectivity index (χ4v) is 3.44. The number of likely N-dealkylation sites (tertiary alicyclic amines) is 2. The van der Waals surface area contributed by atoms with Gasteiger partial charge in [-0.25, -0.2) is 4.99 Å². The lowest BCUT2D eigenvalue weighted by atomic mass is 10.3. The second kappa shape index (κ2) is 13.3. The van der Waals surface area contributed by atoms with E-state index in [0.717, 1.165) is 38.9 Å². The second-order valence-corrected chi connectivity index (χ2v) is 7.24. The van der Waals surface area contributed by atoms with Gasteiger partial charge in [0.25, 0.3) is 0 Å². The van der Waals surface area contributed by atoms with E-state index in [-0.39, 0.29) is 17.8 Å². The molecular weight excluding hydrogens is 427 g/mol. The normalized spacial score (nSPS) is 15.4. The summed E-state index contributed by atoms with van der Waals surface area (Å²) in [7, 11) is 0. The predicted octanol–water partition coefficient (Wildman–Crippen LogP) is 2.49. The summed E-state index contributed by atoms with van der Waals surface area (Å²) in [4.78, 5) is 30.4. The standard InChI is InChI=1S/C10H16N2O2.C8H6Cl2N4.C2H2/c13-9-4-3-7-12(9)8-10(14)11-5-1-2-6-11;9-5-1-6(10)3-7(2-5)14-8(12)13-4-11;1-2/h1-8H2;1-3H,(H3,12,13,14);1-2H. The molecule has 2 heterocycles. The molecule has 0 radical (unpaired) electrons. The average molecular weight is 451 g/mol. The van der Waals surface area contributed by atoms with Crippen molar-refractivity contribution in [3.05, 3.63) is 28.2 Å². The Hall–Kier alpha value is -2.94. The molecule has 2 saturated heterocycles. The zero-order valence-corrected chi connectivity index (χ0v) is 18.0. The molecule has 10 heteroatoms. The maximum absolute atomic E-state index is 11.7. The summed E-state index contributed by atoms with van der Waals surface area (Å²) >= 11 is 11.5. The number of nitriles is 1. The lowest BCUT2D eigenvalue weighted by molar-refractivity contribution is -0.137. The van der Waals surface area contributed by atoms with Gasteiger partial charge in [0.1, 0.15) is 0 Å². The molecule has 2 fully saturated rings. The fourth-order valence-electron chi connectivity index (χ4n) is 2.93. The van der Waals surface area contributed by atoms with Gasteiger partial charge in [-0.2, -0.15) is 5.26 Å². The van der Waals surface area contributed by atoms with Gasteiger partial charge in [-0.3, -0.25) is 14.9 Å². The van der Waals surface area contributed by atoms with E-state index in [2.05, 4.69) is 23.2 Å². The second-order valence-electron chi connectivity index (χ2n) is 6.37. The highest BCUT2D eigenvalue weighted by Gasteiger charge is 2.25. The van der Waals surface area contributed by atoms with Crippen LogP contribution in [0.15, 0.2) is 23.2 Å². The topological polar surface area (TPSA) is 115 Å². The molecule has 0 saturated carbocycles. The number of hydrogen-bond acceptors (Lipinski definition) is 4. The number of carbonyl (C=O) groups is 2. The molecule has 2 amide bonds. The van der Waals surface area contributed by atoms with Gasteiger partial charge < -0.3 is 15.5 Å². The Morgan fingerprint density at radius 1 is 1.17 bits per heavy atom. The van der Waals surface area contributed by atoms with E-state index < -0.39 is 0 Å². The van der Waals surface area contributed by atoms with Crippen molar-refractivity contribution in [3.63, 3.8) is 0 Å². The Morgan fingerprint density at radius 3 is 2.27 bits per heavy atom. The number of nitrogens with one attached hydrogen (secondary N) is 1. The van der Waals surface area contributed by atoms with Crippen molar-refractivity contribution in [1.29, 1.82) is 5.26 Å². The van der Waals surface area contributed by atoms with Crippen LogP contribution in [0.25, 0.3) is 0 Å². The molecule has 0 unspecified atom stereocenters. The molecule has 0 aliphatic carbocycles. The van der Waals surface area contributed by atoms with E-state index in [0.29, 0.717) is 28.7 Å². The van der Waals surface area contributed by atoms with Crippen molar-refractivity contribution < 1.29 is 9.59 Å². The summed E-state index contributed by atoms with van der Waals surface area (Å²) in [5, 5.41) is 11.3. The van der Waals surface area contributed by atoms with Gasteiger partial charge in [0, 0.05) is 36.1 Å². The number of nitrogens with zero attached hydrogens (tertiary/aromatic N) is 4. The molecule has 3 N–H and O–H groups in total. The lowest BCUT2D eigenvalue weighted by Gasteiger charge is -2.20. The summed E-state index contributed by atoms with van der Waals surface area (Å²) < 4.78 is 0. The highest BCUT2D eigenvalue weighted by atomic mass is 35.5. The first kappa shape index (κ1) is 25.1. The quantitative estimate of drug-likeness (QED) is 0.241. The van der Waals surface area contributed by atoms with Crippen molar-refractivity contribution in [2.75, 3.05) is 26.2 Å². The third kappa shape index (κ3) is 8.60. The number of aliphatic imine (C=N–C) groups is 1.